The van der Waals surface area contributed by atoms with Crippen molar-refractivity contribution in [3.8, 4) is 0 Å². The third-order valence-electron chi connectivity index (χ3n) is 2.53. The van der Waals surface area contributed by atoms with Gasteiger partial charge in [0, 0.05) is 22.9 Å². The molecule has 0 spiro atoms. The Hall–Kier alpha value is -1.27. The number of halogens is 1. The largest absolute Gasteiger partial charge is 0.389 e. The number of imide groups is 1. The number of hydrogen-bond acceptors (Lipinski definition) is 3. The van der Waals surface area contributed by atoms with E-state index in [9.17, 15) is 9.59 Å². The summed E-state index contributed by atoms with van der Waals surface area (Å²) in [4.78, 5) is 24.6. The van der Waals surface area contributed by atoms with Crippen LogP contribution in [0, 0.1) is 0 Å². The molecule has 0 aliphatic carbocycles. The lowest BCUT2D eigenvalue weighted by Crippen LogP contribution is -2.28. The minimum Gasteiger partial charge on any atom is -0.389 e. The van der Waals surface area contributed by atoms with Gasteiger partial charge in [-0.25, -0.2) is 0 Å². The van der Waals surface area contributed by atoms with Gasteiger partial charge in [-0.2, -0.15) is 0 Å². The molecule has 0 unspecified atom stereocenters. The average Bonchev–Trinajstić information content (AvgIpc) is 2.58. The van der Waals surface area contributed by atoms with Crippen molar-refractivity contribution in [2.75, 3.05) is 4.90 Å². The molecule has 6 heteroatoms. The molecule has 2 rings (SSSR count). The van der Waals surface area contributed by atoms with Crippen molar-refractivity contribution in [1.82, 2.24) is 0 Å². The summed E-state index contributed by atoms with van der Waals surface area (Å²) in [6.07, 6.45) is 0.543. The third kappa shape index (κ3) is 2.23. The Labute approximate surface area is 112 Å². The molecule has 0 atom stereocenters. The number of carbonyl (C=O) groups excluding carboxylic acids is 2. The summed E-state index contributed by atoms with van der Waals surface area (Å²) >= 11 is 8.19. The van der Waals surface area contributed by atoms with Crippen LogP contribution in [0.15, 0.2) is 22.7 Å². The predicted octanol–water partition coefficient (Wildman–Crippen LogP) is 1.74. The van der Waals surface area contributed by atoms with Crippen LogP contribution in [-0.2, 0) is 9.59 Å². The average molecular weight is 313 g/mol. The van der Waals surface area contributed by atoms with Crippen LogP contribution in [0.3, 0.4) is 0 Å². The second-order valence-corrected chi connectivity index (χ2v) is 4.95. The maximum Gasteiger partial charge on any atom is 0.234 e. The molecule has 1 aliphatic heterocycles. The summed E-state index contributed by atoms with van der Waals surface area (Å²) in [5.74, 6) is -0.352. The molecule has 1 aromatic carbocycles. The number of benzene rings is 1. The fourth-order valence-electron chi connectivity index (χ4n) is 1.71. The van der Waals surface area contributed by atoms with Crippen LogP contribution < -0.4 is 10.6 Å². The molecular formula is C11H9BrN2O2S. The highest BCUT2D eigenvalue weighted by Gasteiger charge is 2.30. The fourth-order valence-corrected chi connectivity index (χ4v) is 2.60. The Kier molecular flexibility index (Phi) is 3.26. The highest BCUT2D eigenvalue weighted by atomic mass is 79.9. The lowest BCUT2D eigenvalue weighted by Gasteiger charge is -2.15. The van der Waals surface area contributed by atoms with Crippen molar-refractivity contribution in [3.05, 3.63) is 28.2 Å². The van der Waals surface area contributed by atoms with Crippen LogP contribution in [-0.4, -0.2) is 16.8 Å². The van der Waals surface area contributed by atoms with E-state index in [0.29, 0.717) is 15.7 Å². The molecule has 0 bridgehead atoms. The summed E-state index contributed by atoms with van der Waals surface area (Å²) in [7, 11) is 0. The number of rotatable bonds is 2. The van der Waals surface area contributed by atoms with Crippen molar-refractivity contribution < 1.29 is 9.59 Å². The van der Waals surface area contributed by atoms with Gasteiger partial charge in [0.05, 0.1) is 5.69 Å². The van der Waals surface area contributed by atoms with E-state index in [1.54, 1.807) is 18.2 Å². The smallest absolute Gasteiger partial charge is 0.234 e. The van der Waals surface area contributed by atoms with Crippen LogP contribution in [0.4, 0.5) is 5.69 Å². The number of nitrogens with two attached hydrogens (primary N) is 1. The van der Waals surface area contributed by atoms with Gasteiger partial charge in [-0.05, 0) is 34.1 Å². The SMILES string of the molecule is NC(=S)c1ccc(N2C(=O)CCC2=O)cc1Br. The lowest BCUT2D eigenvalue weighted by molar-refractivity contribution is -0.121. The quantitative estimate of drug-likeness (QED) is 0.667. The number of amides is 2. The summed E-state index contributed by atoms with van der Waals surface area (Å²) in [5.41, 5.74) is 6.76. The van der Waals surface area contributed by atoms with Gasteiger partial charge in [0.25, 0.3) is 0 Å². The van der Waals surface area contributed by atoms with Crippen molar-refractivity contribution in [2.24, 2.45) is 5.73 Å². The number of anilines is 1. The van der Waals surface area contributed by atoms with E-state index in [1.165, 1.54) is 4.90 Å². The molecular weight excluding hydrogens is 304 g/mol. The topological polar surface area (TPSA) is 63.4 Å². The van der Waals surface area contributed by atoms with Gasteiger partial charge in [0.2, 0.25) is 11.8 Å². The molecule has 17 heavy (non-hydrogen) atoms. The molecule has 1 saturated heterocycles. The first-order valence-corrected chi connectivity index (χ1v) is 6.16. The van der Waals surface area contributed by atoms with Gasteiger partial charge < -0.3 is 5.73 Å². The van der Waals surface area contributed by atoms with Gasteiger partial charge in [0.1, 0.15) is 4.99 Å². The molecule has 2 amide bonds. The van der Waals surface area contributed by atoms with Gasteiger partial charge in [-0.1, -0.05) is 12.2 Å². The molecule has 0 aromatic heterocycles. The number of thiocarbonyl (C=S) groups is 1. The lowest BCUT2D eigenvalue weighted by atomic mass is 10.2. The summed E-state index contributed by atoms with van der Waals surface area (Å²) in [5, 5.41) is 0. The van der Waals surface area contributed by atoms with E-state index >= 15 is 0 Å². The molecule has 88 valence electrons. The molecule has 0 radical (unpaired) electrons. The minimum absolute atomic E-state index is 0.176. The van der Waals surface area contributed by atoms with Crippen LogP contribution >= 0.6 is 28.1 Å². The first kappa shape index (κ1) is 12.2. The van der Waals surface area contributed by atoms with Crippen molar-refractivity contribution in [3.63, 3.8) is 0 Å². The standard InChI is InChI=1S/C11H9BrN2O2S/c12-8-5-6(1-2-7(8)11(13)17)14-9(15)3-4-10(14)16/h1-2,5H,3-4H2,(H2,13,17). The normalized spacial score (nSPS) is 15.5. The van der Waals surface area contributed by atoms with Crippen molar-refractivity contribution in [1.29, 1.82) is 0 Å². The Bertz CT molecular complexity index is 514. The molecule has 1 aromatic rings. The van der Waals surface area contributed by atoms with E-state index in [1.807, 2.05) is 0 Å². The van der Waals surface area contributed by atoms with Gasteiger partial charge >= 0.3 is 0 Å². The Morgan fingerprint density at radius 2 is 1.88 bits per heavy atom. The molecule has 1 aliphatic rings. The fraction of sp³-hybridized carbons (Fsp3) is 0.182. The van der Waals surface area contributed by atoms with Crippen LogP contribution in [0.1, 0.15) is 18.4 Å². The van der Waals surface area contributed by atoms with Crippen molar-refractivity contribution >= 4 is 50.6 Å². The van der Waals surface area contributed by atoms with E-state index in [-0.39, 0.29) is 29.6 Å². The highest BCUT2D eigenvalue weighted by molar-refractivity contribution is 9.10. The molecule has 2 N–H and O–H groups in total. The maximum absolute atomic E-state index is 11.6. The monoisotopic (exact) mass is 312 g/mol. The van der Waals surface area contributed by atoms with Crippen LogP contribution in [0.5, 0.6) is 0 Å². The Morgan fingerprint density at radius 1 is 1.29 bits per heavy atom. The molecule has 4 nitrogen and oxygen atoms in total. The predicted molar refractivity (Wildman–Crippen MR) is 71.8 cm³/mol. The molecule has 0 saturated carbocycles. The minimum atomic E-state index is -0.176. The second kappa shape index (κ2) is 4.54. The Balaban J connectivity index is 2.41. The summed E-state index contributed by atoms with van der Waals surface area (Å²) in [6, 6.07) is 5.04. The van der Waals surface area contributed by atoms with Gasteiger partial charge in [-0.15, -0.1) is 0 Å². The Morgan fingerprint density at radius 3 is 2.35 bits per heavy atom. The van der Waals surface area contributed by atoms with E-state index in [2.05, 4.69) is 15.9 Å². The van der Waals surface area contributed by atoms with Crippen molar-refractivity contribution in [2.45, 2.75) is 12.8 Å². The maximum atomic E-state index is 11.6. The zero-order valence-corrected chi connectivity index (χ0v) is 11.2. The molecule has 1 fully saturated rings. The van der Waals surface area contributed by atoms with E-state index < -0.39 is 0 Å². The first-order valence-electron chi connectivity index (χ1n) is 4.96. The highest BCUT2D eigenvalue weighted by Crippen LogP contribution is 2.27. The summed E-state index contributed by atoms with van der Waals surface area (Å²) < 4.78 is 0.676. The van der Waals surface area contributed by atoms with Gasteiger partial charge in [0.15, 0.2) is 0 Å². The number of carbonyl (C=O) groups is 2. The van der Waals surface area contributed by atoms with E-state index in [4.69, 9.17) is 18.0 Å². The number of hydrogen-bond donors (Lipinski definition) is 1. The zero-order valence-electron chi connectivity index (χ0n) is 8.77. The zero-order chi connectivity index (χ0) is 12.6. The second-order valence-electron chi connectivity index (χ2n) is 3.65. The van der Waals surface area contributed by atoms with E-state index in [0.717, 1.165) is 0 Å². The number of nitrogens with zero attached hydrogens (tertiary/aromatic N) is 1. The van der Waals surface area contributed by atoms with Crippen LogP contribution in [0.2, 0.25) is 0 Å². The molecule has 1 heterocycles. The van der Waals surface area contributed by atoms with Gasteiger partial charge in [-0.3, -0.25) is 14.5 Å². The first-order chi connectivity index (χ1) is 8.00. The summed E-state index contributed by atoms with van der Waals surface area (Å²) in [6.45, 7) is 0. The van der Waals surface area contributed by atoms with Crippen LogP contribution in [0.25, 0.3) is 0 Å². The third-order valence-corrected chi connectivity index (χ3v) is 3.40.